The standard InChI is InChI=1S/C19H30N2O5/c1-18(2,3)26-17(24)21-15(11-25-19(21,4)5)16(23)14(20)10-12-7-6-8-13(22)9-12/h6-9,14-16,22-23H,10-11,20H2,1-5H3. The van der Waals surface area contributed by atoms with Crippen LogP contribution in [0.2, 0.25) is 0 Å². The monoisotopic (exact) mass is 366 g/mol. The van der Waals surface area contributed by atoms with Crippen molar-refractivity contribution in [3.05, 3.63) is 29.8 Å². The number of carbonyl (C=O) groups is 1. The van der Waals surface area contributed by atoms with E-state index in [1.807, 2.05) is 6.07 Å². The largest absolute Gasteiger partial charge is 0.508 e. The zero-order valence-electron chi connectivity index (χ0n) is 16.1. The highest BCUT2D eigenvalue weighted by molar-refractivity contribution is 5.70. The molecule has 1 fully saturated rings. The van der Waals surface area contributed by atoms with Crippen LogP contribution in [0, 0.1) is 0 Å². The van der Waals surface area contributed by atoms with Crippen LogP contribution in [0.15, 0.2) is 24.3 Å². The first-order valence-electron chi connectivity index (χ1n) is 8.78. The molecule has 1 aromatic carbocycles. The number of rotatable bonds is 4. The highest BCUT2D eigenvalue weighted by Gasteiger charge is 2.49. The molecule has 3 unspecified atom stereocenters. The first-order chi connectivity index (χ1) is 11.9. The van der Waals surface area contributed by atoms with E-state index in [4.69, 9.17) is 15.2 Å². The quantitative estimate of drug-likeness (QED) is 0.753. The van der Waals surface area contributed by atoms with Crippen molar-refractivity contribution in [1.29, 1.82) is 0 Å². The second-order valence-corrected chi connectivity index (χ2v) is 8.20. The van der Waals surface area contributed by atoms with E-state index in [9.17, 15) is 15.0 Å². The van der Waals surface area contributed by atoms with E-state index < -0.39 is 35.6 Å². The molecular formula is C19H30N2O5. The molecule has 0 bridgehead atoms. The molecule has 1 aliphatic heterocycles. The van der Waals surface area contributed by atoms with Crippen LogP contribution >= 0.6 is 0 Å². The van der Waals surface area contributed by atoms with Gasteiger partial charge in [0.15, 0.2) is 0 Å². The average molecular weight is 366 g/mol. The third kappa shape index (κ3) is 4.87. The van der Waals surface area contributed by atoms with Gasteiger partial charge in [-0.25, -0.2) is 4.79 Å². The Labute approximate surface area is 154 Å². The number of phenols is 1. The van der Waals surface area contributed by atoms with E-state index in [-0.39, 0.29) is 12.4 Å². The van der Waals surface area contributed by atoms with Crippen LogP contribution in [0.1, 0.15) is 40.2 Å². The van der Waals surface area contributed by atoms with Gasteiger partial charge in [-0.1, -0.05) is 12.1 Å². The van der Waals surface area contributed by atoms with Crippen LogP contribution in [0.25, 0.3) is 0 Å². The lowest BCUT2D eigenvalue weighted by Crippen LogP contribution is -2.57. The highest BCUT2D eigenvalue weighted by Crippen LogP contribution is 2.31. The van der Waals surface area contributed by atoms with Crippen molar-refractivity contribution in [2.45, 2.75) is 70.6 Å². The molecule has 1 heterocycles. The Balaban J connectivity index is 2.14. The number of hydrogen-bond acceptors (Lipinski definition) is 6. The molecule has 2 rings (SSSR count). The third-order valence-electron chi connectivity index (χ3n) is 4.32. The molecule has 1 saturated heterocycles. The summed E-state index contributed by atoms with van der Waals surface area (Å²) in [7, 11) is 0. The summed E-state index contributed by atoms with van der Waals surface area (Å²) < 4.78 is 11.2. The smallest absolute Gasteiger partial charge is 0.412 e. The molecule has 146 valence electrons. The lowest BCUT2D eigenvalue weighted by atomic mass is 9.96. The van der Waals surface area contributed by atoms with Gasteiger partial charge in [-0.15, -0.1) is 0 Å². The summed E-state index contributed by atoms with van der Waals surface area (Å²) in [6.45, 7) is 9.03. The molecule has 1 amide bonds. The molecule has 0 spiro atoms. The Hall–Kier alpha value is -1.83. The molecule has 0 saturated carbocycles. The molecular weight excluding hydrogens is 336 g/mol. The molecule has 1 aromatic rings. The first-order valence-corrected chi connectivity index (χ1v) is 8.78. The van der Waals surface area contributed by atoms with E-state index in [1.165, 1.54) is 4.90 Å². The summed E-state index contributed by atoms with van der Waals surface area (Å²) in [4.78, 5) is 14.1. The van der Waals surface area contributed by atoms with Crippen LogP contribution in [-0.2, 0) is 15.9 Å². The maximum atomic E-state index is 12.7. The van der Waals surface area contributed by atoms with Gasteiger partial charge < -0.3 is 25.4 Å². The molecule has 4 N–H and O–H groups in total. The topological polar surface area (TPSA) is 105 Å². The number of nitrogens with two attached hydrogens (primary N) is 1. The van der Waals surface area contributed by atoms with Gasteiger partial charge in [-0.3, -0.25) is 4.90 Å². The summed E-state index contributed by atoms with van der Waals surface area (Å²) in [6, 6.07) is 5.47. The van der Waals surface area contributed by atoms with Crippen molar-refractivity contribution in [3.8, 4) is 5.75 Å². The van der Waals surface area contributed by atoms with Gasteiger partial charge in [0, 0.05) is 6.04 Å². The Kier molecular flexibility index (Phi) is 5.85. The third-order valence-corrected chi connectivity index (χ3v) is 4.32. The second kappa shape index (κ2) is 7.42. The summed E-state index contributed by atoms with van der Waals surface area (Å²) in [5.74, 6) is 0.143. The van der Waals surface area contributed by atoms with Crippen LogP contribution in [0.3, 0.4) is 0 Å². The first kappa shape index (κ1) is 20.5. The number of nitrogens with zero attached hydrogens (tertiary/aromatic N) is 1. The summed E-state index contributed by atoms with van der Waals surface area (Å²) >= 11 is 0. The van der Waals surface area contributed by atoms with Gasteiger partial charge in [-0.05, 0) is 58.7 Å². The number of carbonyl (C=O) groups excluding carboxylic acids is 1. The van der Waals surface area contributed by atoms with Crippen LogP contribution in [0.5, 0.6) is 5.75 Å². The number of hydrogen-bond donors (Lipinski definition) is 3. The van der Waals surface area contributed by atoms with Crippen molar-refractivity contribution in [1.82, 2.24) is 4.90 Å². The van der Waals surface area contributed by atoms with Crippen molar-refractivity contribution in [3.63, 3.8) is 0 Å². The zero-order chi connectivity index (χ0) is 19.7. The van der Waals surface area contributed by atoms with Gasteiger partial charge in [0.2, 0.25) is 0 Å². The Morgan fingerprint density at radius 3 is 2.69 bits per heavy atom. The molecule has 0 aliphatic carbocycles. The normalized spacial score (nSPS) is 22.1. The van der Waals surface area contributed by atoms with E-state index in [0.29, 0.717) is 6.42 Å². The van der Waals surface area contributed by atoms with E-state index in [0.717, 1.165) is 5.56 Å². The molecule has 7 heteroatoms. The minimum Gasteiger partial charge on any atom is -0.508 e. The van der Waals surface area contributed by atoms with Crippen molar-refractivity contribution in [2.75, 3.05) is 6.61 Å². The lowest BCUT2D eigenvalue weighted by Gasteiger charge is -2.37. The Bertz CT molecular complexity index is 641. The van der Waals surface area contributed by atoms with Crippen LogP contribution in [0.4, 0.5) is 4.79 Å². The number of benzene rings is 1. The molecule has 3 atom stereocenters. The number of aromatic hydroxyl groups is 1. The number of amides is 1. The molecule has 26 heavy (non-hydrogen) atoms. The van der Waals surface area contributed by atoms with Gasteiger partial charge in [0.25, 0.3) is 0 Å². The van der Waals surface area contributed by atoms with Crippen molar-refractivity contribution in [2.24, 2.45) is 5.73 Å². The number of phenolic OH excluding ortho intramolecular Hbond substituents is 1. The average Bonchev–Trinajstić information content (AvgIpc) is 2.80. The predicted molar refractivity (Wildman–Crippen MR) is 97.7 cm³/mol. The zero-order valence-corrected chi connectivity index (χ0v) is 16.1. The van der Waals surface area contributed by atoms with Gasteiger partial charge in [0.1, 0.15) is 17.1 Å². The van der Waals surface area contributed by atoms with Gasteiger partial charge >= 0.3 is 6.09 Å². The lowest BCUT2D eigenvalue weighted by molar-refractivity contribution is -0.0687. The number of aliphatic hydroxyl groups is 1. The van der Waals surface area contributed by atoms with Gasteiger partial charge in [-0.2, -0.15) is 0 Å². The van der Waals surface area contributed by atoms with Crippen LogP contribution < -0.4 is 5.73 Å². The van der Waals surface area contributed by atoms with Crippen molar-refractivity contribution >= 4 is 6.09 Å². The van der Waals surface area contributed by atoms with E-state index in [1.54, 1.807) is 52.8 Å². The molecule has 1 aliphatic rings. The molecule has 7 nitrogen and oxygen atoms in total. The maximum Gasteiger partial charge on any atom is 0.412 e. The number of ether oxygens (including phenoxy) is 2. The Morgan fingerprint density at radius 2 is 2.12 bits per heavy atom. The van der Waals surface area contributed by atoms with E-state index >= 15 is 0 Å². The number of aliphatic hydroxyl groups excluding tert-OH is 1. The Morgan fingerprint density at radius 1 is 1.46 bits per heavy atom. The second-order valence-electron chi connectivity index (χ2n) is 8.20. The molecule has 0 radical (unpaired) electrons. The summed E-state index contributed by atoms with van der Waals surface area (Å²) in [6.07, 6.45) is -1.20. The maximum absolute atomic E-state index is 12.7. The van der Waals surface area contributed by atoms with Gasteiger partial charge in [0.05, 0.1) is 18.8 Å². The SMILES string of the molecule is CC(C)(C)OC(=O)N1C(C(O)C(N)Cc2cccc(O)c2)COC1(C)C. The fraction of sp³-hybridized carbons (Fsp3) is 0.632. The summed E-state index contributed by atoms with van der Waals surface area (Å²) in [5.41, 5.74) is 5.43. The fourth-order valence-corrected chi connectivity index (χ4v) is 3.11. The fourth-order valence-electron chi connectivity index (χ4n) is 3.11. The van der Waals surface area contributed by atoms with Crippen molar-refractivity contribution < 1.29 is 24.5 Å². The van der Waals surface area contributed by atoms with Crippen LogP contribution in [-0.4, -0.2) is 57.3 Å². The summed E-state index contributed by atoms with van der Waals surface area (Å²) in [5, 5.41) is 20.4. The van der Waals surface area contributed by atoms with E-state index in [2.05, 4.69) is 0 Å². The minimum atomic E-state index is -1.01. The predicted octanol–water partition coefficient (Wildman–Crippen LogP) is 1.99. The molecule has 0 aromatic heterocycles. The highest BCUT2D eigenvalue weighted by atomic mass is 16.6. The minimum absolute atomic E-state index is 0.143.